The third-order valence-electron chi connectivity index (χ3n) is 4.55. The molecule has 0 saturated heterocycles. The lowest BCUT2D eigenvalue weighted by atomic mass is 10.1. The number of allylic oxidation sites excluding steroid dienone is 1. The maximum absolute atomic E-state index is 13.3. The summed E-state index contributed by atoms with van der Waals surface area (Å²) in [5.41, 5.74) is 0.971. The van der Waals surface area contributed by atoms with Gasteiger partial charge in [-0.05, 0) is 37.3 Å². The summed E-state index contributed by atoms with van der Waals surface area (Å²) in [6.07, 6.45) is 1.63. The smallest absolute Gasteiger partial charge is 0.263 e. The van der Waals surface area contributed by atoms with E-state index in [-0.39, 0.29) is 23.6 Å². The average molecular weight is 491 g/mol. The van der Waals surface area contributed by atoms with Crippen molar-refractivity contribution in [3.63, 3.8) is 0 Å². The normalized spacial score (nSPS) is 11.2. The van der Waals surface area contributed by atoms with Crippen molar-refractivity contribution in [2.45, 2.75) is 18.6 Å². The van der Waals surface area contributed by atoms with Gasteiger partial charge in [-0.1, -0.05) is 41.0 Å². The lowest BCUT2D eigenvalue weighted by molar-refractivity contribution is 0.102. The van der Waals surface area contributed by atoms with Gasteiger partial charge in [0.1, 0.15) is 16.4 Å². The highest BCUT2D eigenvalue weighted by molar-refractivity contribution is 7.99. The fourth-order valence-corrected chi connectivity index (χ4v) is 5.22. The molecule has 0 atom stereocenters. The molecular weight excluding hydrogens is 475 g/mol. The summed E-state index contributed by atoms with van der Waals surface area (Å²) in [7, 11) is 0. The fourth-order valence-electron chi connectivity index (χ4n) is 3.05. The van der Waals surface area contributed by atoms with E-state index in [9.17, 15) is 9.59 Å². The van der Waals surface area contributed by atoms with Gasteiger partial charge in [-0.2, -0.15) is 0 Å². The number of furan rings is 1. The number of thioether (sulfide) groups is 1. The van der Waals surface area contributed by atoms with Crippen molar-refractivity contribution in [3.05, 3.63) is 80.1 Å². The van der Waals surface area contributed by atoms with Crippen LogP contribution in [0.1, 0.15) is 16.1 Å². The third kappa shape index (κ3) is 4.36. The summed E-state index contributed by atoms with van der Waals surface area (Å²) >= 11 is 14.5. The second-order valence-corrected chi connectivity index (χ2v) is 9.29. The van der Waals surface area contributed by atoms with Gasteiger partial charge in [0.2, 0.25) is 0 Å². The molecule has 0 aliphatic heterocycles. The largest absolute Gasteiger partial charge is 0.461 e. The molecule has 0 fully saturated rings. The van der Waals surface area contributed by atoms with Crippen LogP contribution in [-0.2, 0) is 6.54 Å². The SMILES string of the molecule is C=CCn1c(SCC(=O)c2ccc(Cl)c(Cl)c2)nc2scc(-c3ccc(C)o3)c2c1=O. The van der Waals surface area contributed by atoms with E-state index >= 15 is 0 Å². The first-order valence-corrected chi connectivity index (χ1v) is 11.8. The second-order valence-electron chi connectivity index (χ2n) is 6.68. The number of aryl methyl sites for hydroxylation is 1. The second kappa shape index (κ2) is 9.04. The molecule has 158 valence electrons. The van der Waals surface area contributed by atoms with Gasteiger partial charge in [0.25, 0.3) is 5.56 Å². The summed E-state index contributed by atoms with van der Waals surface area (Å²) < 4.78 is 7.23. The maximum atomic E-state index is 13.3. The Labute approximate surface area is 196 Å². The van der Waals surface area contributed by atoms with Crippen LogP contribution >= 0.6 is 46.3 Å². The Kier molecular flexibility index (Phi) is 6.39. The minimum atomic E-state index is -0.195. The molecule has 0 aliphatic carbocycles. The zero-order chi connectivity index (χ0) is 22.1. The topological polar surface area (TPSA) is 65.1 Å². The summed E-state index contributed by atoms with van der Waals surface area (Å²) in [6, 6.07) is 8.45. The predicted octanol–water partition coefficient (Wildman–Crippen LogP) is 6.49. The summed E-state index contributed by atoms with van der Waals surface area (Å²) in [5, 5.41) is 3.53. The number of Topliss-reactive ketones (excluding diaryl/α,β-unsaturated/α-hetero) is 1. The van der Waals surface area contributed by atoms with E-state index in [1.54, 1.807) is 18.2 Å². The van der Waals surface area contributed by atoms with Crippen molar-refractivity contribution in [2.24, 2.45) is 0 Å². The number of thiophene rings is 1. The Morgan fingerprint density at radius 2 is 2.10 bits per heavy atom. The van der Waals surface area contributed by atoms with Crippen molar-refractivity contribution in [1.82, 2.24) is 9.55 Å². The number of carbonyl (C=O) groups excluding carboxylic acids is 1. The molecule has 0 spiro atoms. The quantitative estimate of drug-likeness (QED) is 0.128. The van der Waals surface area contributed by atoms with E-state index in [1.165, 1.54) is 33.7 Å². The van der Waals surface area contributed by atoms with E-state index in [2.05, 4.69) is 11.6 Å². The number of benzene rings is 1. The molecule has 5 nitrogen and oxygen atoms in total. The maximum Gasteiger partial charge on any atom is 0.263 e. The summed E-state index contributed by atoms with van der Waals surface area (Å²) in [5.74, 6) is 1.36. The number of halogens is 2. The Bertz CT molecular complexity index is 1370. The zero-order valence-corrected chi connectivity index (χ0v) is 19.5. The Morgan fingerprint density at radius 1 is 1.29 bits per heavy atom. The molecule has 0 N–H and O–H groups in total. The predicted molar refractivity (Wildman–Crippen MR) is 128 cm³/mol. The molecule has 3 aromatic heterocycles. The molecule has 0 aliphatic rings. The molecule has 0 amide bonds. The van der Waals surface area contributed by atoms with Crippen molar-refractivity contribution < 1.29 is 9.21 Å². The molecule has 0 bridgehead atoms. The fraction of sp³-hybridized carbons (Fsp3) is 0.136. The van der Waals surface area contributed by atoms with Crippen LogP contribution in [0.15, 0.2) is 62.7 Å². The molecule has 0 radical (unpaired) electrons. The highest BCUT2D eigenvalue weighted by Crippen LogP contribution is 2.33. The minimum absolute atomic E-state index is 0.0999. The lowest BCUT2D eigenvalue weighted by Gasteiger charge is -2.10. The van der Waals surface area contributed by atoms with Crippen molar-refractivity contribution in [2.75, 3.05) is 5.75 Å². The highest BCUT2D eigenvalue weighted by Gasteiger charge is 2.19. The molecular formula is C22H16Cl2N2O3S2. The Balaban J connectivity index is 1.69. The number of fused-ring (bicyclic) bond motifs is 1. The van der Waals surface area contributed by atoms with Crippen LogP contribution in [0.4, 0.5) is 0 Å². The van der Waals surface area contributed by atoms with Gasteiger partial charge in [-0.25, -0.2) is 4.98 Å². The number of carbonyl (C=O) groups is 1. The number of hydrogen-bond acceptors (Lipinski definition) is 6. The monoisotopic (exact) mass is 490 g/mol. The Hall–Kier alpha value is -2.32. The van der Waals surface area contributed by atoms with Crippen LogP contribution in [0.5, 0.6) is 0 Å². The van der Waals surface area contributed by atoms with E-state index in [4.69, 9.17) is 27.6 Å². The summed E-state index contributed by atoms with van der Waals surface area (Å²) in [4.78, 5) is 31.2. The third-order valence-corrected chi connectivity index (χ3v) is 7.14. The van der Waals surface area contributed by atoms with E-state index in [0.717, 1.165) is 5.76 Å². The molecule has 4 rings (SSSR count). The minimum Gasteiger partial charge on any atom is -0.461 e. The lowest BCUT2D eigenvalue weighted by Crippen LogP contribution is -2.23. The van der Waals surface area contributed by atoms with Crippen LogP contribution < -0.4 is 5.56 Å². The highest BCUT2D eigenvalue weighted by atomic mass is 35.5. The van der Waals surface area contributed by atoms with Gasteiger partial charge in [0.15, 0.2) is 10.9 Å². The van der Waals surface area contributed by atoms with E-state index in [1.807, 2.05) is 24.4 Å². The molecule has 1 aromatic carbocycles. The van der Waals surface area contributed by atoms with Gasteiger partial charge in [0.05, 0.1) is 21.2 Å². The van der Waals surface area contributed by atoms with Gasteiger partial charge in [-0.15, -0.1) is 17.9 Å². The standard InChI is InChI=1S/C22H16Cl2N2O3S2/c1-3-8-26-21(28)19-14(18-7-4-12(2)29-18)10-30-20(19)25-22(26)31-11-17(27)13-5-6-15(23)16(24)9-13/h3-7,9-10H,1,8,11H2,2H3. The van der Waals surface area contributed by atoms with Crippen LogP contribution in [0.2, 0.25) is 10.0 Å². The van der Waals surface area contributed by atoms with Gasteiger partial charge in [0, 0.05) is 23.1 Å². The average Bonchev–Trinajstić information content (AvgIpc) is 3.36. The summed E-state index contributed by atoms with van der Waals surface area (Å²) in [6.45, 7) is 5.87. The zero-order valence-electron chi connectivity index (χ0n) is 16.4. The molecule has 31 heavy (non-hydrogen) atoms. The molecule has 0 saturated carbocycles. The van der Waals surface area contributed by atoms with Crippen LogP contribution in [0, 0.1) is 6.92 Å². The number of rotatable bonds is 7. The van der Waals surface area contributed by atoms with Crippen LogP contribution in [-0.4, -0.2) is 21.1 Å². The van der Waals surface area contributed by atoms with Gasteiger partial charge in [-0.3, -0.25) is 14.2 Å². The number of nitrogens with zero attached hydrogens (tertiary/aromatic N) is 2. The Morgan fingerprint density at radius 3 is 2.77 bits per heavy atom. The number of ketones is 1. The van der Waals surface area contributed by atoms with Crippen molar-refractivity contribution >= 4 is 62.3 Å². The van der Waals surface area contributed by atoms with Gasteiger partial charge >= 0.3 is 0 Å². The van der Waals surface area contributed by atoms with Crippen LogP contribution in [0.3, 0.4) is 0 Å². The van der Waals surface area contributed by atoms with E-state index < -0.39 is 0 Å². The van der Waals surface area contributed by atoms with Crippen LogP contribution in [0.25, 0.3) is 21.5 Å². The van der Waals surface area contributed by atoms with Gasteiger partial charge < -0.3 is 4.42 Å². The first-order valence-electron chi connectivity index (χ1n) is 9.20. The van der Waals surface area contributed by atoms with Crippen molar-refractivity contribution in [3.8, 4) is 11.3 Å². The number of aromatic nitrogens is 2. The first kappa shape index (κ1) is 21.9. The first-order chi connectivity index (χ1) is 14.9. The molecule has 4 aromatic rings. The number of hydrogen-bond donors (Lipinski definition) is 0. The molecule has 3 heterocycles. The van der Waals surface area contributed by atoms with Crippen molar-refractivity contribution in [1.29, 1.82) is 0 Å². The molecule has 0 unspecified atom stereocenters. The van der Waals surface area contributed by atoms with E-state index in [0.29, 0.717) is 42.3 Å². The molecule has 9 heteroatoms.